The summed E-state index contributed by atoms with van der Waals surface area (Å²) in [6, 6.07) is 10.7. The molecule has 32 heavy (non-hydrogen) atoms. The maximum absolute atomic E-state index is 6.28. The van der Waals surface area contributed by atoms with Crippen molar-refractivity contribution >= 4 is 0 Å². The molecular weight excluding hydrogens is 402 g/mol. The van der Waals surface area contributed by atoms with Gasteiger partial charge in [0.1, 0.15) is 24.7 Å². The molecule has 5 heteroatoms. The lowest BCUT2D eigenvalue weighted by Crippen LogP contribution is -2.28. The maximum Gasteiger partial charge on any atom is 0.130 e. The molecule has 2 aromatic rings. The highest BCUT2D eigenvalue weighted by molar-refractivity contribution is 5.51. The lowest BCUT2D eigenvalue weighted by molar-refractivity contribution is 0.162. The highest BCUT2D eigenvalue weighted by atomic mass is 16.5. The molecule has 1 aliphatic rings. The van der Waals surface area contributed by atoms with Crippen LogP contribution >= 0.6 is 0 Å². The first-order valence-corrected chi connectivity index (χ1v) is 11.6. The van der Waals surface area contributed by atoms with Crippen molar-refractivity contribution in [2.45, 2.75) is 58.8 Å². The number of rotatable bonds is 11. The number of methoxy groups -OCH3 is 2. The predicted molar refractivity (Wildman–Crippen MR) is 129 cm³/mol. The smallest absolute Gasteiger partial charge is 0.130 e. The summed E-state index contributed by atoms with van der Waals surface area (Å²) < 4.78 is 23.3. The van der Waals surface area contributed by atoms with E-state index in [1.807, 2.05) is 0 Å². The van der Waals surface area contributed by atoms with Gasteiger partial charge in [0.15, 0.2) is 0 Å². The number of ether oxygens (including phenoxy) is 4. The number of hydrogen-bond acceptors (Lipinski definition) is 5. The van der Waals surface area contributed by atoms with E-state index in [0.29, 0.717) is 26.4 Å². The Balaban J connectivity index is 1.70. The van der Waals surface area contributed by atoms with Crippen molar-refractivity contribution in [1.29, 1.82) is 0 Å². The van der Waals surface area contributed by atoms with Crippen LogP contribution in [0.3, 0.4) is 0 Å². The average molecular weight is 442 g/mol. The molecule has 0 amide bonds. The van der Waals surface area contributed by atoms with Gasteiger partial charge in [-0.2, -0.15) is 0 Å². The van der Waals surface area contributed by atoms with Crippen LogP contribution in [0.4, 0.5) is 0 Å². The van der Waals surface area contributed by atoms with Crippen LogP contribution < -0.4 is 9.47 Å². The summed E-state index contributed by atoms with van der Waals surface area (Å²) in [6.45, 7) is 10.7. The molecule has 0 aliphatic carbocycles. The van der Waals surface area contributed by atoms with Gasteiger partial charge >= 0.3 is 0 Å². The zero-order valence-corrected chi connectivity index (χ0v) is 20.6. The Morgan fingerprint density at radius 1 is 0.969 bits per heavy atom. The van der Waals surface area contributed by atoms with E-state index in [0.717, 1.165) is 48.6 Å². The van der Waals surface area contributed by atoms with E-state index in [1.54, 1.807) is 14.2 Å². The summed E-state index contributed by atoms with van der Waals surface area (Å²) in [6.07, 6.45) is 2.11. The highest BCUT2D eigenvalue weighted by Crippen LogP contribution is 2.35. The van der Waals surface area contributed by atoms with Crippen molar-refractivity contribution in [3.8, 4) is 11.5 Å². The quantitative estimate of drug-likeness (QED) is 0.453. The molecule has 1 heterocycles. The third-order valence-electron chi connectivity index (χ3n) is 6.56. The van der Waals surface area contributed by atoms with Crippen LogP contribution in [0, 0.1) is 0 Å². The summed E-state index contributed by atoms with van der Waals surface area (Å²) in [5.41, 5.74) is 6.43. The van der Waals surface area contributed by atoms with E-state index in [1.165, 1.54) is 16.7 Å². The van der Waals surface area contributed by atoms with Crippen LogP contribution in [0.25, 0.3) is 0 Å². The van der Waals surface area contributed by atoms with Gasteiger partial charge < -0.3 is 23.8 Å². The SMILES string of the molecule is CCC(C)(C)c1ccc(OCCOc2c(COC)cc3c(c2COC)CCN(C)C3)cc1. The Bertz CT molecular complexity index is 876. The molecule has 5 nitrogen and oxygen atoms in total. The minimum Gasteiger partial charge on any atom is -0.490 e. The highest BCUT2D eigenvalue weighted by Gasteiger charge is 2.23. The standard InChI is InChI=1S/C27H39NO4/c1-7-27(2,3)22-8-10-23(11-9-22)31-14-15-32-26-21(18-29-5)16-20-17-28(4)13-12-24(20)25(26)19-30-6/h8-11,16H,7,12-15,17-19H2,1-6H3. The maximum atomic E-state index is 6.28. The number of likely N-dealkylation sites (N-methyl/N-ethyl adjacent to an activating group) is 1. The molecule has 0 aromatic heterocycles. The van der Waals surface area contributed by atoms with Gasteiger partial charge in [-0.25, -0.2) is 0 Å². The van der Waals surface area contributed by atoms with Gasteiger partial charge in [0.05, 0.1) is 13.2 Å². The molecule has 2 aromatic carbocycles. The summed E-state index contributed by atoms with van der Waals surface area (Å²) >= 11 is 0. The minimum atomic E-state index is 0.179. The molecule has 0 N–H and O–H groups in total. The molecule has 0 fully saturated rings. The van der Waals surface area contributed by atoms with Crippen molar-refractivity contribution < 1.29 is 18.9 Å². The fourth-order valence-electron chi connectivity index (χ4n) is 4.26. The lowest BCUT2D eigenvalue weighted by atomic mass is 9.82. The van der Waals surface area contributed by atoms with E-state index in [2.05, 4.69) is 63.1 Å². The van der Waals surface area contributed by atoms with Gasteiger partial charge in [0.25, 0.3) is 0 Å². The van der Waals surface area contributed by atoms with E-state index in [4.69, 9.17) is 18.9 Å². The van der Waals surface area contributed by atoms with E-state index in [9.17, 15) is 0 Å². The van der Waals surface area contributed by atoms with Crippen LogP contribution in [0.1, 0.15) is 55.0 Å². The molecule has 0 radical (unpaired) electrons. The van der Waals surface area contributed by atoms with Crippen LogP contribution in [0.5, 0.6) is 11.5 Å². The normalized spacial score (nSPS) is 14.3. The van der Waals surface area contributed by atoms with Gasteiger partial charge in [-0.3, -0.25) is 0 Å². The summed E-state index contributed by atoms with van der Waals surface area (Å²) in [5.74, 6) is 1.76. The van der Waals surface area contributed by atoms with Gasteiger partial charge in [0.2, 0.25) is 0 Å². The molecule has 0 bridgehead atoms. The average Bonchev–Trinajstić information content (AvgIpc) is 2.78. The Hall–Kier alpha value is -2.08. The first kappa shape index (κ1) is 24.6. The Morgan fingerprint density at radius 3 is 2.31 bits per heavy atom. The molecule has 0 saturated heterocycles. The second-order valence-electron chi connectivity index (χ2n) is 9.29. The molecule has 0 saturated carbocycles. The van der Waals surface area contributed by atoms with Gasteiger partial charge in [0, 0.05) is 38.4 Å². The number of nitrogens with zero attached hydrogens (tertiary/aromatic N) is 1. The largest absolute Gasteiger partial charge is 0.490 e. The fourth-order valence-corrected chi connectivity index (χ4v) is 4.26. The van der Waals surface area contributed by atoms with Gasteiger partial charge in [-0.05, 0) is 60.2 Å². The molecule has 0 atom stereocenters. The molecule has 0 unspecified atom stereocenters. The number of fused-ring (bicyclic) bond motifs is 1. The fraction of sp³-hybridized carbons (Fsp3) is 0.556. The Morgan fingerprint density at radius 2 is 1.66 bits per heavy atom. The molecule has 1 aliphatic heterocycles. The van der Waals surface area contributed by atoms with Crippen molar-refractivity contribution in [2.24, 2.45) is 0 Å². The molecular formula is C27H39NO4. The van der Waals surface area contributed by atoms with Crippen LogP contribution in [0.15, 0.2) is 30.3 Å². The third kappa shape index (κ3) is 5.83. The van der Waals surface area contributed by atoms with Crippen molar-refractivity contribution in [3.63, 3.8) is 0 Å². The number of hydrogen-bond donors (Lipinski definition) is 0. The molecule has 3 rings (SSSR count). The summed E-state index contributed by atoms with van der Waals surface area (Å²) in [7, 11) is 5.62. The third-order valence-corrected chi connectivity index (χ3v) is 6.56. The summed E-state index contributed by atoms with van der Waals surface area (Å²) in [4.78, 5) is 2.34. The van der Waals surface area contributed by atoms with E-state index in [-0.39, 0.29) is 5.41 Å². The topological polar surface area (TPSA) is 40.2 Å². The Kier molecular flexibility index (Phi) is 8.57. The van der Waals surface area contributed by atoms with Gasteiger partial charge in [-0.1, -0.05) is 32.9 Å². The van der Waals surface area contributed by atoms with E-state index >= 15 is 0 Å². The van der Waals surface area contributed by atoms with E-state index < -0.39 is 0 Å². The van der Waals surface area contributed by atoms with Crippen molar-refractivity contribution in [3.05, 3.63) is 58.1 Å². The predicted octanol–water partition coefficient (Wildman–Crippen LogP) is 5.11. The van der Waals surface area contributed by atoms with Crippen molar-refractivity contribution in [2.75, 3.05) is 41.0 Å². The second-order valence-corrected chi connectivity index (χ2v) is 9.29. The molecule has 176 valence electrons. The zero-order chi connectivity index (χ0) is 23.1. The van der Waals surface area contributed by atoms with Crippen LogP contribution in [-0.2, 0) is 41.1 Å². The second kappa shape index (κ2) is 11.2. The van der Waals surface area contributed by atoms with Crippen molar-refractivity contribution in [1.82, 2.24) is 4.90 Å². The number of benzene rings is 2. The minimum absolute atomic E-state index is 0.179. The zero-order valence-electron chi connectivity index (χ0n) is 20.6. The van der Waals surface area contributed by atoms with Crippen LogP contribution in [0.2, 0.25) is 0 Å². The van der Waals surface area contributed by atoms with Gasteiger partial charge in [-0.15, -0.1) is 0 Å². The lowest BCUT2D eigenvalue weighted by Gasteiger charge is -2.29. The first-order chi connectivity index (χ1) is 15.4. The molecule has 0 spiro atoms. The monoisotopic (exact) mass is 441 g/mol. The first-order valence-electron chi connectivity index (χ1n) is 11.6. The summed E-state index contributed by atoms with van der Waals surface area (Å²) in [5, 5.41) is 0. The Labute approximate surface area is 193 Å². The van der Waals surface area contributed by atoms with Crippen LogP contribution in [-0.4, -0.2) is 45.9 Å².